The van der Waals surface area contributed by atoms with Gasteiger partial charge in [0.2, 0.25) is 0 Å². The van der Waals surface area contributed by atoms with Crippen molar-refractivity contribution in [2.75, 3.05) is 53.0 Å². The summed E-state index contributed by atoms with van der Waals surface area (Å²) >= 11 is 0. The molecule has 0 bridgehead atoms. The third kappa shape index (κ3) is 3.00. The second-order valence-electron chi connectivity index (χ2n) is 4.86. The second-order valence-corrected chi connectivity index (χ2v) is 4.86. The number of nitrogens with zero attached hydrogens (tertiary/aromatic N) is 2. The lowest BCUT2D eigenvalue weighted by atomic mass is 10.2. The predicted octanol–water partition coefficient (Wildman–Crippen LogP) is -1.11. The van der Waals surface area contributed by atoms with E-state index in [0.29, 0.717) is 12.6 Å². The van der Waals surface area contributed by atoms with Gasteiger partial charge < -0.3 is 15.2 Å². The van der Waals surface area contributed by atoms with Crippen molar-refractivity contribution in [2.24, 2.45) is 5.73 Å². The molecule has 0 aromatic carbocycles. The predicted molar refractivity (Wildman–Crippen MR) is 67.2 cm³/mol. The third-order valence-electron chi connectivity index (χ3n) is 3.89. The van der Waals surface area contributed by atoms with Gasteiger partial charge in [0.1, 0.15) is 6.04 Å². The quantitative estimate of drug-likeness (QED) is 0.644. The fourth-order valence-corrected chi connectivity index (χ4v) is 2.82. The van der Waals surface area contributed by atoms with E-state index in [1.165, 1.54) is 7.11 Å². The second kappa shape index (κ2) is 6.47. The smallest absolute Gasteiger partial charge is 0.324 e. The molecule has 6 nitrogen and oxygen atoms in total. The minimum Gasteiger partial charge on any atom is -0.468 e. The Morgan fingerprint density at radius 3 is 2.78 bits per heavy atom. The van der Waals surface area contributed by atoms with Gasteiger partial charge in [-0.25, -0.2) is 0 Å². The van der Waals surface area contributed by atoms with Gasteiger partial charge in [-0.3, -0.25) is 14.6 Å². The Morgan fingerprint density at radius 2 is 2.17 bits per heavy atom. The molecule has 0 saturated carbocycles. The number of esters is 1. The van der Waals surface area contributed by atoms with Crippen molar-refractivity contribution in [1.29, 1.82) is 0 Å². The van der Waals surface area contributed by atoms with E-state index in [9.17, 15) is 4.79 Å². The summed E-state index contributed by atoms with van der Waals surface area (Å²) in [6.07, 6.45) is 1.09. The molecule has 2 heterocycles. The summed E-state index contributed by atoms with van der Waals surface area (Å²) in [5, 5.41) is 0. The molecule has 0 amide bonds. The van der Waals surface area contributed by atoms with Gasteiger partial charge in [0.05, 0.1) is 20.3 Å². The maximum atomic E-state index is 11.6. The zero-order chi connectivity index (χ0) is 13.0. The van der Waals surface area contributed by atoms with Gasteiger partial charge >= 0.3 is 5.97 Å². The van der Waals surface area contributed by atoms with Crippen LogP contribution >= 0.6 is 0 Å². The number of likely N-dealkylation sites (tertiary alicyclic amines) is 1. The number of ether oxygens (including phenoxy) is 2. The molecule has 2 unspecified atom stereocenters. The van der Waals surface area contributed by atoms with E-state index < -0.39 is 0 Å². The summed E-state index contributed by atoms with van der Waals surface area (Å²) in [6.45, 7) is 5.74. The van der Waals surface area contributed by atoms with E-state index >= 15 is 0 Å². The minimum absolute atomic E-state index is 0.222. The lowest BCUT2D eigenvalue weighted by molar-refractivity contribution is -0.146. The molecule has 0 radical (unpaired) electrons. The van der Waals surface area contributed by atoms with Crippen LogP contribution in [0.3, 0.4) is 0 Å². The van der Waals surface area contributed by atoms with Gasteiger partial charge in [0.15, 0.2) is 0 Å². The van der Waals surface area contributed by atoms with E-state index in [-0.39, 0.29) is 12.0 Å². The van der Waals surface area contributed by atoms with Crippen molar-refractivity contribution in [3.63, 3.8) is 0 Å². The van der Waals surface area contributed by atoms with Crippen LogP contribution < -0.4 is 5.73 Å². The number of nitrogens with two attached hydrogens (primary N) is 1. The van der Waals surface area contributed by atoms with Gasteiger partial charge in [-0.05, 0) is 6.42 Å². The van der Waals surface area contributed by atoms with Crippen molar-refractivity contribution in [2.45, 2.75) is 18.5 Å². The molecule has 6 heteroatoms. The highest BCUT2D eigenvalue weighted by Crippen LogP contribution is 2.19. The van der Waals surface area contributed by atoms with Crippen LogP contribution in [0.5, 0.6) is 0 Å². The topological polar surface area (TPSA) is 68.0 Å². The van der Waals surface area contributed by atoms with E-state index in [1.807, 2.05) is 0 Å². The highest BCUT2D eigenvalue weighted by atomic mass is 16.5. The molecular formula is C12H23N3O3. The van der Waals surface area contributed by atoms with Crippen LogP contribution in [0.15, 0.2) is 0 Å². The van der Waals surface area contributed by atoms with Crippen LogP contribution in [0.2, 0.25) is 0 Å². The fourth-order valence-electron chi connectivity index (χ4n) is 2.82. The van der Waals surface area contributed by atoms with E-state index in [2.05, 4.69) is 9.80 Å². The fraction of sp³-hybridized carbons (Fsp3) is 0.917. The molecule has 0 aromatic heterocycles. The Bertz CT molecular complexity index is 282. The summed E-state index contributed by atoms with van der Waals surface area (Å²) in [7, 11) is 1.42. The van der Waals surface area contributed by atoms with Crippen molar-refractivity contribution >= 4 is 5.97 Å². The summed E-state index contributed by atoms with van der Waals surface area (Å²) in [5.41, 5.74) is 5.68. The van der Waals surface area contributed by atoms with Crippen molar-refractivity contribution in [1.82, 2.24) is 9.80 Å². The van der Waals surface area contributed by atoms with Crippen molar-refractivity contribution in [3.05, 3.63) is 0 Å². The minimum atomic E-state index is -0.291. The summed E-state index contributed by atoms with van der Waals surface area (Å²) in [6, 6.07) is 0.230. The standard InChI is InChI=1S/C12H23N3O3/c1-17-12(16)11(8-13)15-3-2-10(9-15)14-4-6-18-7-5-14/h10-11H,2-9,13H2,1H3. The van der Waals surface area contributed by atoms with Gasteiger partial charge in [0, 0.05) is 38.8 Å². The molecule has 2 rings (SSSR count). The van der Waals surface area contributed by atoms with Crippen LogP contribution in [-0.4, -0.2) is 80.9 Å². The molecule has 0 aromatic rings. The molecule has 0 spiro atoms. The van der Waals surface area contributed by atoms with Gasteiger partial charge in [-0.15, -0.1) is 0 Å². The van der Waals surface area contributed by atoms with Gasteiger partial charge in [-0.2, -0.15) is 0 Å². The monoisotopic (exact) mass is 257 g/mol. The lowest BCUT2D eigenvalue weighted by Gasteiger charge is -2.32. The Kier molecular flexibility index (Phi) is 4.94. The number of hydrogen-bond acceptors (Lipinski definition) is 6. The first-order valence-corrected chi connectivity index (χ1v) is 6.60. The Hall–Kier alpha value is -0.690. The van der Waals surface area contributed by atoms with E-state index in [0.717, 1.165) is 45.8 Å². The number of carbonyl (C=O) groups excluding carboxylic acids is 1. The molecule has 2 N–H and O–H groups in total. The third-order valence-corrected chi connectivity index (χ3v) is 3.89. The van der Waals surface area contributed by atoms with E-state index in [1.54, 1.807) is 0 Å². The zero-order valence-corrected chi connectivity index (χ0v) is 11.0. The maximum absolute atomic E-state index is 11.6. The SMILES string of the molecule is COC(=O)C(CN)N1CCC(N2CCOCC2)C1. The molecule has 2 aliphatic heterocycles. The molecule has 104 valence electrons. The number of rotatable bonds is 4. The summed E-state index contributed by atoms with van der Waals surface area (Å²) in [4.78, 5) is 16.2. The number of morpholine rings is 1. The Morgan fingerprint density at radius 1 is 1.44 bits per heavy atom. The molecule has 18 heavy (non-hydrogen) atoms. The first kappa shape index (κ1) is 13.7. The van der Waals surface area contributed by atoms with Gasteiger partial charge in [0.25, 0.3) is 0 Å². The number of methoxy groups -OCH3 is 1. The maximum Gasteiger partial charge on any atom is 0.324 e. The summed E-state index contributed by atoms with van der Waals surface area (Å²) in [5.74, 6) is -0.222. The number of hydrogen-bond donors (Lipinski definition) is 1. The normalized spacial score (nSPS) is 28.2. The molecule has 2 saturated heterocycles. The average molecular weight is 257 g/mol. The summed E-state index contributed by atoms with van der Waals surface area (Å²) < 4.78 is 10.2. The molecular weight excluding hydrogens is 234 g/mol. The van der Waals surface area contributed by atoms with E-state index in [4.69, 9.17) is 15.2 Å². The largest absolute Gasteiger partial charge is 0.468 e. The number of carbonyl (C=O) groups is 1. The molecule has 2 aliphatic rings. The van der Waals surface area contributed by atoms with Crippen molar-refractivity contribution < 1.29 is 14.3 Å². The highest BCUT2D eigenvalue weighted by Gasteiger charge is 2.34. The average Bonchev–Trinajstić information content (AvgIpc) is 2.90. The van der Waals surface area contributed by atoms with Crippen LogP contribution in [0.4, 0.5) is 0 Å². The zero-order valence-electron chi connectivity index (χ0n) is 11.0. The highest BCUT2D eigenvalue weighted by molar-refractivity contribution is 5.76. The van der Waals surface area contributed by atoms with Crippen LogP contribution in [-0.2, 0) is 14.3 Å². The first-order chi connectivity index (χ1) is 8.76. The Labute approximate surface area is 108 Å². The lowest BCUT2D eigenvalue weighted by Crippen LogP contribution is -2.49. The van der Waals surface area contributed by atoms with Crippen molar-refractivity contribution in [3.8, 4) is 0 Å². The van der Waals surface area contributed by atoms with Gasteiger partial charge in [-0.1, -0.05) is 0 Å². The van der Waals surface area contributed by atoms with Crippen LogP contribution in [0, 0.1) is 0 Å². The Balaban J connectivity index is 1.88. The molecule has 0 aliphatic carbocycles. The van der Waals surface area contributed by atoms with Crippen LogP contribution in [0.25, 0.3) is 0 Å². The molecule has 2 fully saturated rings. The molecule has 2 atom stereocenters. The first-order valence-electron chi connectivity index (χ1n) is 6.60. The van der Waals surface area contributed by atoms with Crippen LogP contribution in [0.1, 0.15) is 6.42 Å².